The molecule has 1 aromatic heterocycles. The van der Waals surface area contributed by atoms with Crippen molar-refractivity contribution < 1.29 is 4.74 Å². The second kappa shape index (κ2) is 7.26. The minimum Gasteiger partial charge on any atom is -0.385 e. The third-order valence-corrected chi connectivity index (χ3v) is 3.76. The largest absolute Gasteiger partial charge is 0.385 e. The summed E-state index contributed by atoms with van der Waals surface area (Å²) in [4.78, 5) is 4.60. The van der Waals surface area contributed by atoms with Gasteiger partial charge in [-0.3, -0.25) is 0 Å². The Bertz CT molecular complexity index is 493. The molecule has 1 N–H and O–H groups in total. The number of thiazole rings is 1. The molecule has 0 atom stereocenters. The summed E-state index contributed by atoms with van der Waals surface area (Å²) >= 11 is 1.65. The maximum absolute atomic E-state index is 5.02. The van der Waals surface area contributed by atoms with E-state index < -0.39 is 0 Å². The van der Waals surface area contributed by atoms with Crippen LogP contribution < -0.4 is 5.32 Å². The second-order valence-corrected chi connectivity index (χ2v) is 5.22. The van der Waals surface area contributed by atoms with Crippen LogP contribution >= 0.6 is 11.3 Å². The molecule has 0 saturated carbocycles. The van der Waals surface area contributed by atoms with Crippen molar-refractivity contribution >= 4 is 16.5 Å². The second-order valence-electron chi connectivity index (χ2n) is 4.36. The number of benzene rings is 1. The number of ether oxygens (including phenoxy) is 1. The van der Waals surface area contributed by atoms with Gasteiger partial charge in [0.2, 0.25) is 0 Å². The summed E-state index contributed by atoms with van der Waals surface area (Å²) in [7, 11) is 1.72. The minimum absolute atomic E-state index is 0.781. The van der Waals surface area contributed by atoms with Crippen LogP contribution in [0.3, 0.4) is 0 Å². The fourth-order valence-corrected chi connectivity index (χ4v) is 2.56. The van der Waals surface area contributed by atoms with Gasteiger partial charge in [-0.2, -0.15) is 0 Å². The molecule has 102 valence electrons. The first-order valence-electron chi connectivity index (χ1n) is 6.61. The number of hydrogen-bond donors (Lipinski definition) is 1. The molecule has 0 amide bonds. The maximum Gasteiger partial charge on any atom is 0.183 e. The van der Waals surface area contributed by atoms with Crippen LogP contribution in [0.5, 0.6) is 0 Å². The Morgan fingerprint density at radius 3 is 2.74 bits per heavy atom. The van der Waals surface area contributed by atoms with Gasteiger partial charge >= 0.3 is 0 Å². The zero-order valence-electron chi connectivity index (χ0n) is 11.5. The zero-order valence-corrected chi connectivity index (χ0v) is 12.3. The van der Waals surface area contributed by atoms with Crippen LogP contribution in [-0.2, 0) is 11.2 Å². The van der Waals surface area contributed by atoms with Crippen molar-refractivity contribution in [2.75, 3.05) is 25.6 Å². The molecule has 1 heterocycles. The number of anilines is 1. The van der Waals surface area contributed by atoms with Crippen LogP contribution in [0.4, 0.5) is 5.13 Å². The van der Waals surface area contributed by atoms with Crippen LogP contribution in [0.15, 0.2) is 29.6 Å². The molecule has 0 spiro atoms. The van der Waals surface area contributed by atoms with E-state index >= 15 is 0 Å². The molecule has 0 unspecified atom stereocenters. The van der Waals surface area contributed by atoms with E-state index in [2.05, 4.69) is 46.9 Å². The molecule has 0 aliphatic rings. The summed E-state index contributed by atoms with van der Waals surface area (Å²) in [6.45, 7) is 3.85. The van der Waals surface area contributed by atoms with E-state index in [1.807, 2.05) is 0 Å². The van der Waals surface area contributed by atoms with Crippen LogP contribution in [-0.4, -0.2) is 25.2 Å². The Balaban J connectivity index is 1.95. The molecule has 0 aliphatic heterocycles. The molecule has 19 heavy (non-hydrogen) atoms. The van der Waals surface area contributed by atoms with Crippen LogP contribution in [0, 0.1) is 0 Å². The van der Waals surface area contributed by atoms with Crippen molar-refractivity contribution in [2.45, 2.75) is 19.8 Å². The number of methoxy groups -OCH3 is 1. The van der Waals surface area contributed by atoms with Crippen LogP contribution in [0.25, 0.3) is 11.3 Å². The van der Waals surface area contributed by atoms with Gasteiger partial charge in [0.15, 0.2) is 5.13 Å². The fourth-order valence-electron chi connectivity index (χ4n) is 1.81. The molecule has 0 aliphatic carbocycles. The molecule has 2 aromatic rings. The monoisotopic (exact) mass is 276 g/mol. The number of hydrogen-bond acceptors (Lipinski definition) is 4. The molecular weight excluding hydrogens is 256 g/mol. The summed E-state index contributed by atoms with van der Waals surface area (Å²) < 4.78 is 5.02. The standard InChI is InChI=1S/C15H20N2OS/c1-3-12-5-7-13(8-6-12)14-11-19-15(17-14)16-9-4-10-18-2/h5-8,11H,3-4,9-10H2,1-2H3,(H,16,17). The van der Waals surface area contributed by atoms with E-state index in [4.69, 9.17) is 4.74 Å². The average molecular weight is 276 g/mol. The lowest BCUT2D eigenvalue weighted by atomic mass is 10.1. The summed E-state index contributed by atoms with van der Waals surface area (Å²) in [5, 5.41) is 6.39. The van der Waals surface area contributed by atoms with Crippen molar-refractivity contribution in [1.82, 2.24) is 4.98 Å². The molecule has 3 nitrogen and oxygen atoms in total. The van der Waals surface area contributed by atoms with Gasteiger partial charge in [-0.05, 0) is 18.4 Å². The fraction of sp³-hybridized carbons (Fsp3) is 0.400. The van der Waals surface area contributed by atoms with Gasteiger partial charge in [0.25, 0.3) is 0 Å². The highest BCUT2D eigenvalue weighted by atomic mass is 32.1. The van der Waals surface area contributed by atoms with Gasteiger partial charge in [0, 0.05) is 31.2 Å². The Morgan fingerprint density at radius 1 is 1.26 bits per heavy atom. The predicted octanol–water partition coefficient (Wildman–Crippen LogP) is 3.82. The molecule has 2 rings (SSSR count). The van der Waals surface area contributed by atoms with E-state index in [9.17, 15) is 0 Å². The van der Waals surface area contributed by atoms with Gasteiger partial charge in [-0.15, -0.1) is 11.3 Å². The predicted molar refractivity (Wildman–Crippen MR) is 81.9 cm³/mol. The smallest absolute Gasteiger partial charge is 0.183 e. The molecule has 4 heteroatoms. The van der Waals surface area contributed by atoms with E-state index in [0.717, 1.165) is 36.8 Å². The third-order valence-electron chi connectivity index (χ3n) is 2.96. The molecule has 1 aromatic carbocycles. The molecule has 0 radical (unpaired) electrons. The maximum atomic E-state index is 5.02. The summed E-state index contributed by atoms with van der Waals surface area (Å²) in [5.74, 6) is 0. The lowest BCUT2D eigenvalue weighted by Gasteiger charge is -2.01. The summed E-state index contributed by atoms with van der Waals surface area (Å²) in [6.07, 6.45) is 2.07. The topological polar surface area (TPSA) is 34.1 Å². The Labute approximate surface area is 118 Å². The average Bonchev–Trinajstić information content (AvgIpc) is 2.92. The number of aryl methyl sites for hydroxylation is 1. The van der Waals surface area contributed by atoms with Crippen LogP contribution in [0.1, 0.15) is 18.9 Å². The first-order valence-corrected chi connectivity index (χ1v) is 7.49. The third kappa shape index (κ3) is 4.04. The zero-order chi connectivity index (χ0) is 13.5. The van der Waals surface area contributed by atoms with E-state index in [1.54, 1.807) is 18.4 Å². The highest BCUT2D eigenvalue weighted by Crippen LogP contribution is 2.25. The SMILES string of the molecule is CCc1ccc(-c2csc(NCCCOC)n2)cc1. The van der Waals surface area contributed by atoms with Crippen LogP contribution in [0.2, 0.25) is 0 Å². The molecular formula is C15H20N2OS. The first kappa shape index (κ1) is 14.0. The van der Waals surface area contributed by atoms with Crippen molar-refractivity contribution in [3.63, 3.8) is 0 Å². The minimum atomic E-state index is 0.781. The van der Waals surface area contributed by atoms with Gasteiger partial charge in [-0.25, -0.2) is 4.98 Å². The van der Waals surface area contributed by atoms with Gasteiger partial charge in [0.05, 0.1) is 5.69 Å². The number of aromatic nitrogens is 1. The Hall–Kier alpha value is -1.39. The van der Waals surface area contributed by atoms with Crippen molar-refractivity contribution in [3.05, 3.63) is 35.2 Å². The quantitative estimate of drug-likeness (QED) is 0.781. The molecule has 0 saturated heterocycles. The summed E-state index contributed by atoms with van der Waals surface area (Å²) in [5.41, 5.74) is 3.58. The number of nitrogens with zero attached hydrogens (tertiary/aromatic N) is 1. The van der Waals surface area contributed by atoms with E-state index in [0.29, 0.717) is 0 Å². The van der Waals surface area contributed by atoms with Gasteiger partial charge in [-0.1, -0.05) is 31.2 Å². The highest BCUT2D eigenvalue weighted by Gasteiger charge is 2.04. The molecule has 0 fully saturated rings. The van der Waals surface area contributed by atoms with Crippen molar-refractivity contribution in [1.29, 1.82) is 0 Å². The van der Waals surface area contributed by atoms with Crippen molar-refractivity contribution in [3.8, 4) is 11.3 Å². The van der Waals surface area contributed by atoms with E-state index in [-0.39, 0.29) is 0 Å². The first-order chi connectivity index (χ1) is 9.33. The lowest BCUT2D eigenvalue weighted by Crippen LogP contribution is -2.04. The van der Waals surface area contributed by atoms with Gasteiger partial charge in [0.1, 0.15) is 0 Å². The van der Waals surface area contributed by atoms with Gasteiger partial charge < -0.3 is 10.1 Å². The normalized spacial score (nSPS) is 10.6. The van der Waals surface area contributed by atoms with E-state index in [1.165, 1.54) is 11.1 Å². The number of nitrogens with one attached hydrogen (secondary N) is 1. The lowest BCUT2D eigenvalue weighted by molar-refractivity contribution is 0.198. The number of rotatable bonds is 7. The summed E-state index contributed by atoms with van der Waals surface area (Å²) in [6, 6.07) is 8.62. The molecule has 0 bridgehead atoms. The Morgan fingerprint density at radius 2 is 2.05 bits per heavy atom. The van der Waals surface area contributed by atoms with Crippen molar-refractivity contribution in [2.24, 2.45) is 0 Å². The highest BCUT2D eigenvalue weighted by molar-refractivity contribution is 7.14. The Kier molecular flexibility index (Phi) is 5.36.